The highest BCUT2D eigenvalue weighted by Gasteiger charge is 2.13. The van der Waals surface area contributed by atoms with Gasteiger partial charge in [-0.25, -0.2) is 0 Å². The molecule has 4 aromatic rings. The molecule has 10 heteroatoms. The summed E-state index contributed by atoms with van der Waals surface area (Å²) in [4.78, 5) is 24.1. The number of aromatic nitrogens is 3. The number of halogens is 1. The summed E-state index contributed by atoms with van der Waals surface area (Å²) in [6.45, 7) is 1.88. The molecule has 1 aromatic heterocycles. The quantitative estimate of drug-likeness (QED) is 0.256. The van der Waals surface area contributed by atoms with E-state index in [1.165, 1.54) is 34.6 Å². The van der Waals surface area contributed by atoms with Gasteiger partial charge < -0.3 is 10.1 Å². The van der Waals surface area contributed by atoms with E-state index in [1.54, 1.807) is 12.1 Å². The van der Waals surface area contributed by atoms with Crippen LogP contribution in [0.4, 0.5) is 11.4 Å². The molecule has 3 aromatic carbocycles. The Labute approximate surface area is 200 Å². The topological polar surface area (TPSA) is 112 Å². The number of carbonyl (C=O) groups is 1. The first-order valence-electron chi connectivity index (χ1n) is 10.8. The van der Waals surface area contributed by atoms with Gasteiger partial charge in [0.2, 0.25) is 0 Å². The molecule has 0 spiro atoms. The fourth-order valence-electron chi connectivity index (χ4n) is 3.33. The number of benzene rings is 3. The van der Waals surface area contributed by atoms with Gasteiger partial charge in [0, 0.05) is 12.1 Å². The van der Waals surface area contributed by atoms with Crippen LogP contribution in [0.25, 0.3) is 16.7 Å². The molecule has 0 aliphatic heterocycles. The van der Waals surface area contributed by atoms with Crippen LogP contribution in [0.3, 0.4) is 0 Å². The molecule has 0 saturated carbocycles. The van der Waals surface area contributed by atoms with Gasteiger partial charge in [0.25, 0.3) is 11.6 Å². The molecule has 0 bridgehead atoms. The number of nitrogens with one attached hydrogen (secondary N) is 1. The minimum Gasteiger partial charge on any atom is -0.484 e. The number of carbonyl (C=O) groups excluding carboxylic acids is 1. The molecule has 1 heterocycles. The summed E-state index contributed by atoms with van der Waals surface area (Å²) in [5.41, 5.74) is 3.60. The molecule has 0 atom stereocenters. The van der Waals surface area contributed by atoms with E-state index in [0.717, 1.165) is 24.9 Å². The van der Waals surface area contributed by atoms with Crippen LogP contribution in [0.5, 0.6) is 5.75 Å². The first-order chi connectivity index (χ1) is 16.4. The SMILES string of the molecule is CCCCc1ccc(-n2nc3cc(Cl)c(NC(=O)COc4ccc([N+](=O)[O-])cc4)cc3n2)cc1. The van der Waals surface area contributed by atoms with Gasteiger partial charge in [0.1, 0.15) is 16.8 Å². The van der Waals surface area contributed by atoms with Gasteiger partial charge >= 0.3 is 0 Å². The van der Waals surface area contributed by atoms with Gasteiger partial charge in [-0.2, -0.15) is 4.80 Å². The first-order valence-corrected chi connectivity index (χ1v) is 11.1. The second kappa shape index (κ2) is 10.3. The van der Waals surface area contributed by atoms with Crippen LogP contribution in [-0.4, -0.2) is 32.4 Å². The number of rotatable bonds is 9. The Bertz CT molecular complexity index is 1320. The molecule has 1 amide bonds. The van der Waals surface area contributed by atoms with E-state index < -0.39 is 10.8 Å². The minimum absolute atomic E-state index is 0.0580. The minimum atomic E-state index is -0.507. The molecular formula is C24H22ClN5O4. The summed E-state index contributed by atoms with van der Waals surface area (Å²) < 4.78 is 5.39. The number of nitro benzene ring substituents is 1. The predicted octanol–water partition coefficient (Wildman–Crippen LogP) is 5.34. The summed E-state index contributed by atoms with van der Waals surface area (Å²) in [6, 6.07) is 16.9. The number of non-ortho nitro benzene ring substituents is 1. The van der Waals surface area contributed by atoms with Gasteiger partial charge in [0.15, 0.2) is 6.61 Å². The van der Waals surface area contributed by atoms with Crippen molar-refractivity contribution in [2.24, 2.45) is 0 Å². The lowest BCUT2D eigenvalue weighted by molar-refractivity contribution is -0.384. The van der Waals surface area contributed by atoms with Gasteiger partial charge in [-0.05, 0) is 54.8 Å². The Balaban J connectivity index is 1.43. The van der Waals surface area contributed by atoms with E-state index in [-0.39, 0.29) is 12.3 Å². The highest BCUT2D eigenvalue weighted by Crippen LogP contribution is 2.27. The molecule has 0 fully saturated rings. The van der Waals surface area contributed by atoms with Crippen LogP contribution in [0.15, 0.2) is 60.7 Å². The Hall–Kier alpha value is -3.98. The van der Waals surface area contributed by atoms with Crippen molar-refractivity contribution in [1.29, 1.82) is 0 Å². The number of nitro groups is 1. The Morgan fingerprint density at radius 3 is 2.41 bits per heavy atom. The number of nitrogens with zero attached hydrogens (tertiary/aromatic N) is 4. The van der Waals surface area contributed by atoms with Crippen LogP contribution >= 0.6 is 11.6 Å². The van der Waals surface area contributed by atoms with Gasteiger partial charge in [-0.15, -0.1) is 10.2 Å². The van der Waals surface area contributed by atoms with E-state index in [2.05, 4.69) is 34.6 Å². The summed E-state index contributed by atoms with van der Waals surface area (Å²) in [6.07, 6.45) is 3.34. The Kier molecular flexibility index (Phi) is 7.03. The van der Waals surface area contributed by atoms with Crippen LogP contribution in [0.1, 0.15) is 25.3 Å². The number of aryl methyl sites for hydroxylation is 1. The van der Waals surface area contributed by atoms with Crippen molar-refractivity contribution in [3.05, 3.63) is 81.4 Å². The number of hydrogen-bond acceptors (Lipinski definition) is 6. The van der Waals surface area contributed by atoms with Gasteiger partial charge in [-0.3, -0.25) is 14.9 Å². The third-order valence-electron chi connectivity index (χ3n) is 5.15. The monoisotopic (exact) mass is 479 g/mol. The van der Waals surface area contributed by atoms with Crippen LogP contribution < -0.4 is 10.1 Å². The number of ether oxygens (including phenoxy) is 1. The maximum atomic E-state index is 12.3. The van der Waals surface area contributed by atoms with Crippen molar-refractivity contribution in [3.63, 3.8) is 0 Å². The van der Waals surface area contributed by atoms with Crippen LogP contribution in [0.2, 0.25) is 5.02 Å². The zero-order valence-electron chi connectivity index (χ0n) is 18.4. The zero-order chi connectivity index (χ0) is 24.1. The maximum absolute atomic E-state index is 12.3. The highest BCUT2D eigenvalue weighted by molar-refractivity contribution is 6.34. The average molecular weight is 480 g/mol. The fraction of sp³-hybridized carbons (Fsp3) is 0.208. The van der Waals surface area contributed by atoms with Crippen molar-refractivity contribution in [2.45, 2.75) is 26.2 Å². The van der Waals surface area contributed by atoms with E-state index in [4.69, 9.17) is 16.3 Å². The first kappa shape index (κ1) is 23.2. The molecule has 4 rings (SSSR count). The van der Waals surface area contributed by atoms with Crippen molar-refractivity contribution >= 4 is 39.9 Å². The normalized spacial score (nSPS) is 10.9. The molecule has 0 radical (unpaired) electrons. The van der Waals surface area contributed by atoms with E-state index in [9.17, 15) is 14.9 Å². The number of fused-ring (bicyclic) bond motifs is 1. The maximum Gasteiger partial charge on any atom is 0.269 e. The largest absolute Gasteiger partial charge is 0.484 e. The van der Waals surface area contributed by atoms with E-state index in [1.807, 2.05) is 12.1 Å². The Morgan fingerprint density at radius 2 is 1.76 bits per heavy atom. The third-order valence-corrected chi connectivity index (χ3v) is 5.46. The zero-order valence-corrected chi connectivity index (χ0v) is 19.2. The van der Waals surface area contributed by atoms with Crippen LogP contribution in [-0.2, 0) is 11.2 Å². The number of amides is 1. The molecule has 0 saturated heterocycles. The van der Waals surface area contributed by atoms with Crippen molar-refractivity contribution in [1.82, 2.24) is 15.0 Å². The number of hydrogen-bond donors (Lipinski definition) is 1. The summed E-state index contributed by atoms with van der Waals surface area (Å²) in [5, 5.41) is 22.7. The molecule has 174 valence electrons. The molecule has 9 nitrogen and oxygen atoms in total. The van der Waals surface area contributed by atoms with Crippen molar-refractivity contribution in [2.75, 3.05) is 11.9 Å². The fourth-order valence-corrected chi connectivity index (χ4v) is 3.53. The smallest absolute Gasteiger partial charge is 0.269 e. The average Bonchev–Trinajstić information content (AvgIpc) is 3.25. The predicted molar refractivity (Wildman–Crippen MR) is 130 cm³/mol. The van der Waals surface area contributed by atoms with Crippen LogP contribution in [0, 0.1) is 10.1 Å². The van der Waals surface area contributed by atoms with Gasteiger partial charge in [-0.1, -0.05) is 37.1 Å². The molecule has 0 aliphatic carbocycles. The molecule has 34 heavy (non-hydrogen) atoms. The Morgan fingerprint density at radius 1 is 1.09 bits per heavy atom. The number of unbranched alkanes of at least 4 members (excludes halogenated alkanes) is 1. The third kappa shape index (κ3) is 5.49. The summed E-state index contributed by atoms with van der Waals surface area (Å²) >= 11 is 6.34. The van der Waals surface area contributed by atoms with Crippen molar-refractivity contribution in [3.8, 4) is 11.4 Å². The molecular weight excluding hydrogens is 458 g/mol. The molecule has 0 unspecified atom stereocenters. The molecule has 1 N–H and O–H groups in total. The lowest BCUT2D eigenvalue weighted by Gasteiger charge is -2.08. The number of anilines is 1. The highest BCUT2D eigenvalue weighted by atomic mass is 35.5. The second-order valence-electron chi connectivity index (χ2n) is 7.67. The lowest BCUT2D eigenvalue weighted by Crippen LogP contribution is -2.20. The van der Waals surface area contributed by atoms with E-state index in [0.29, 0.717) is 27.5 Å². The standard InChI is InChI=1S/C24H22ClN5O4/c1-2-3-4-16-5-7-17(8-6-16)29-27-22-13-20(25)21(14-23(22)28-29)26-24(31)15-34-19-11-9-18(10-12-19)30(32)33/h5-14H,2-4,15H2,1H3,(H,26,31). The lowest BCUT2D eigenvalue weighted by atomic mass is 10.1. The molecule has 0 aliphatic rings. The van der Waals surface area contributed by atoms with Gasteiger partial charge in [0.05, 0.1) is 21.3 Å². The van der Waals surface area contributed by atoms with Crippen molar-refractivity contribution < 1.29 is 14.5 Å². The second-order valence-corrected chi connectivity index (χ2v) is 8.08. The summed E-state index contributed by atoms with van der Waals surface area (Å²) in [7, 11) is 0. The summed E-state index contributed by atoms with van der Waals surface area (Å²) in [5.74, 6) is -0.0967. The van der Waals surface area contributed by atoms with E-state index >= 15 is 0 Å².